The molecular formula is C18H17ClO6. The molecule has 1 aliphatic carbocycles. The van der Waals surface area contributed by atoms with Gasteiger partial charge in [-0.3, -0.25) is 14.4 Å². The van der Waals surface area contributed by atoms with E-state index in [1.165, 1.54) is 32.3 Å². The van der Waals surface area contributed by atoms with Gasteiger partial charge in [0.25, 0.3) is 0 Å². The lowest BCUT2D eigenvalue weighted by Gasteiger charge is -2.41. The minimum Gasteiger partial charge on any atom is -0.465 e. The van der Waals surface area contributed by atoms with E-state index in [1.54, 1.807) is 13.0 Å². The second-order valence-corrected chi connectivity index (χ2v) is 6.92. The Hall–Kier alpha value is -2.18. The zero-order chi connectivity index (χ0) is 18.5. The topological polar surface area (TPSA) is 89.9 Å². The van der Waals surface area contributed by atoms with Crippen molar-refractivity contribution in [1.82, 2.24) is 0 Å². The third kappa shape index (κ3) is 2.65. The summed E-state index contributed by atoms with van der Waals surface area (Å²) in [4.78, 5) is 35.3. The molecular weight excluding hydrogens is 348 g/mol. The molecule has 1 fully saturated rings. The maximum Gasteiger partial charge on any atom is 0.317 e. The first-order valence-electron chi connectivity index (χ1n) is 7.75. The molecule has 1 N–H and O–H groups in total. The van der Waals surface area contributed by atoms with Gasteiger partial charge in [0.05, 0.1) is 17.2 Å². The van der Waals surface area contributed by atoms with Crippen molar-refractivity contribution >= 4 is 29.1 Å². The number of halogens is 1. The summed E-state index contributed by atoms with van der Waals surface area (Å²) in [6.07, 6.45) is 4.51. The number of carbonyl (C=O) groups excluding carboxylic acids is 3. The van der Waals surface area contributed by atoms with Gasteiger partial charge < -0.3 is 14.6 Å². The Morgan fingerprint density at radius 2 is 2.04 bits per heavy atom. The molecule has 132 valence electrons. The van der Waals surface area contributed by atoms with Crippen molar-refractivity contribution in [2.24, 2.45) is 11.8 Å². The zero-order valence-corrected chi connectivity index (χ0v) is 14.7. The van der Waals surface area contributed by atoms with E-state index in [4.69, 9.17) is 21.1 Å². The highest BCUT2D eigenvalue weighted by molar-refractivity contribution is 6.31. The quantitative estimate of drug-likeness (QED) is 0.467. The zero-order valence-electron chi connectivity index (χ0n) is 13.9. The van der Waals surface area contributed by atoms with E-state index in [2.05, 4.69) is 0 Å². The summed E-state index contributed by atoms with van der Waals surface area (Å²) < 4.78 is 10.9. The molecule has 0 saturated carbocycles. The van der Waals surface area contributed by atoms with Crippen molar-refractivity contribution in [2.75, 3.05) is 0 Å². The predicted molar refractivity (Wildman–Crippen MR) is 88.1 cm³/mol. The van der Waals surface area contributed by atoms with Gasteiger partial charge in [0.1, 0.15) is 29.2 Å². The van der Waals surface area contributed by atoms with Crippen LogP contribution in [0.5, 0.6) is 0 Å². The largest absolute Gasteiger partial charge is 0.465 e. The van der Waals surface area contributed by atoms with Crippen molar-refractivity contribution < 1.29 is 29.0 Å². The van der Waals surface area contributed by atoms with Crippen molar-refractivity contribution in [1.29, 1.82) is 0 Å². The Morgan fingerprint density at radius 3 is 2.64 bits per heavy atom. The van der Waals surface area contributed by atoms with E-state index in [-0.39, 0.29) is 16.6 Å². The molecule has 3 rings (SSSR count). The SMILES string of the molecule is CC(=O)C=CC1=CC2=C(Cl)[C@@H](O)[C@@]3(C)OC(=O)[C@@H](C(C)=O)[C@@H]3C2=CO1. The number of aliphatic hydroxyl groups excluding tert-OH is 1. The molecule has 0 radical (unpaired) electrons. The maximum atomic E-state index is 12.2. The molecule has 0 spiro atoms. The molecule has 3 aliphatic rings. The van der Waals surface area contributed by atoms with E-state index in [9.17, 15) is 19.5 Å². The van der Waals surface area contributed by atoms with Crippen LogP contribution < -0.4 is 0 Å². The number of hydrogen-bond acceptors (Lipinski definition) is 6. The smallest absolute Gasteiger partial charge is 0.317 e. The summed E-state index contributed by atoms with van der Waals surface area (Å²) in [6.45, 7) is 4.27. The highest BCUT2D eigenvalue weighted by atomic mass is 35.5. The normalized spacial score (nSPS) is 34.0. The van der Waals surface area contributed by atoms with Gasteiger partial charge in [-0.05, 0) is 39.0 Å². The number of Topliss-reactive ketones (excluding diaryl/α,β-unsaturated/α-hetero) is 1. The van der Waals surface area contributed by atoms with Crippen LogP contribution in [0.25, 0.3) is 0 Å². The van der Waals surface area contributed by atoms with Gasteiger partial charge in [-0.2, -0.15) is 0 Å². The second kappa shape index (κ2) is 5.97. The van der Waals surface area contributed by atoms with E-state index >= 15 is 0 Å². The van der Waals surface area contributed by atoms with E-state index in [1.807, 2.05) is 0 Å². The highest BCUT2D eigenvalue weighted by Crippen LogP contribution is 2.53. The van der Waals surface area contributed by atoms with Crippen LogP contribution in [0.3, 0.4) is 0 Å². The molecule has 7 heteroatoms. The Labute approximate surface area is 149 Å². The number of esters is 1. The number of fused-ring (bicyclic) bond motifs is 3. The molecule has 0 bridgehead atoms. The first-order valence-corrected chi connectivity index (χ1v) is 8.13. The number of hydrogen-bond donors (Lipinski definition) is 1. The van der Waals surface area contributed by atoms with Crippen LogP contribution >= 0.6 is 11.6 Å². The van der Waals surface area contributed by atoms with Crippen molar-refractivity contribution in [3.05, 3.63) is 46.4 Å². The van der Waals surface area contributed by atoms with Crippen LogP contribution in [-0.4, -0.2) is 34.3 Å². The van der Waals surface area contributed by atoms with Gasteiger partial charge in [0, 0.05) is 11.1 Å². The van der Waals surface area contributed by atoms with Crippen molar-refractivity contribution in [3.63, 3.8) is 0 Å². The Morgan fingerprint density at radius 1 is 1.36 bits per heavy atom. The highest BCUT2D eigenvalue weighted by Gasteiger charge is 2.63. The molecule has 1 saturated heterocycles. The van der Waals surface area contributed by atoms with Gasteiger partial charge in [-0.25, -0.2) is 0 Å². The van der Waals surface area contributed by atoms with Gasteiger partial charge in [0.15, 0.2) is 5.78 Å². The molecule has 6 nitrogen and oxygen atoms in total. The van der Waals surface area contributed by atoms with Gasteiger partial charge in [0.2, 0.25) is 0 Å². The van der Waals surface area contributed by atoms with Gasteiger partial charge >= 0.3 is 5.97 Å². The molecule has 0 aromatic carbocycles. The molecule has 0 aromatic heterocycles. The number of carbonyl (C=O) groups is 3. The van der Waals surface area contributed by atoms with E-state index in [0.29, 0.717) is 16.9 Å². The molecule has 0 unspecified atom stereocenters. The number of rotatable bonds is 3. The minimum atomic E-state index is -1.34. The molecule has 2 heterocycles. The maximum absolute atomic E-state index is 12.2. The summed E-state index contributed by atoms with van der Waals surface area (Å²) in [5.41, 5.74) is -0.358. The summed E-state index contributed by atoms with van der Waals surface area (Å²) >= 11 is 6.32. The van der Waals surface area contributed by atoms with E-state index in [0.717, 1.165) is 0 Å². The van der Waals surface area contributed by atoms with Crippen molar-refractivity contribution in [3.8, 4) is 0 Å². The lowest BCUT2D eigenvalue weighted by atomic mass is 9.67. The average molecular weight is 365 g/mol. The molecule has 0 amide bonds. The predicted octanol–water partition coefficient (Wildman–Crippen LogP) is 1.93. The molecule has 2 aliphatic heterocycles. The second-order valence-electron chi connectivity index (χ2n) is 6.52. The summed E-state index contributed by atoms with van der Waals surface area (Å²) in [5.74, 6) is -2.57. The number of aliphatic hydroxyl groups is 1. The van der Waals surface area contributed by atoms with Crippen LogP contribution in [0.4, 0.5) is 0 Å². The fourth-order valence-electron chi connectivity index (χ4n) is 3.51. The van der Waals surface area contributed by atoms with Crippen LogP contribution in [-0.2, 0) is 23.9 Å². The fourth-order valence-corrected chi connectivity index (χ4v) is 3.89. The monoisotopic (exact) mass is 364 g/mol. The standard InChI is InChI=1S/C18H17ClO6/c1-8(20)4-5-10-6-11-12(7-24-10)14-13(9(2)21)17(23)25-18(14,3)16(22)15(11)19/h4-7,13-14,16,22H,1-3H3/t13-,14-,16+,18-/m0/s1. The van der Waals surface area contributed by atoms with Crippen molar-refractivity contribution in [2.45, 2.75) is 32.5 Å². The average Bonchev–Trinajstić information content (AvgIpc) is 2.82. The van der Waals surface area contributed by atoms with Crippen LogP contribution in [0.15, 0.2) is 46.4 Å². The first-order chi connectivity index (χ1) is 11.7. The third-order valence-corrected chi connectivity index (χ3v) is 5.15. The Bertz CT molecular complexity index is 802. The Kier molecular flexibility index (Phi) is 4.21. The van der Waals surface area contributed by atoms with Crippen LogP contribution in [0.2, 0.25) is 0 Å². The lowest BCUT2D eigenvalue weighted by molar-refractivity contribution is -0.157. The summed E-state index contributed by atoms with van der Waals surface area (Å²) in [6, 6.07) is 0. The number of allylic oxidation sites excluding steroid dienone is 4. The number of ether oxygens (including phenoxy) is 2. The molecule has 0 aromatic rings. The minimum absolute atomic E-state index is 0.0963. The van der Waals surface area contributed by atoms with Crippen LogP contribution in [0, 0.1) is 11.8 Å². The number of ketones is 2. The van der Waals surface area contributed by atoms with Crippen LogP contribution in [0.1, 0.15) is 20.8 Å². The fraction of sp³-hybridized carbons (Fsp3) is 0.389. The van der Waals surface area contributed by atoms with Gasteiger partial charge in [-0.1, -0.05) is 11.6 Å². The van der Waals surface area contributed by atoms with Gasteiger partial charge in [-0.15, -0.1) is 0 Å². The summed E-state index contributed by atoms with van der Waals surface area (Å²) in [7, 11) is 0. The Balaban J connectivity index is 2.10. The molecule has 4 atom stereocenters. The molecule has 25 heavy (non-hydrogen) atoms. The first kappa shape index (κ1) is 17.6. The summed E-state index contributed by atoms with van der Waals surface area (Å²) in [5, 5.41) is 10.7. The lowest BCUT2D eigenvalue weighted by Crippen LogP contribution is -2.50. The third-order valence-electron chi connectivity index (χ3n) is 4.74. The van der Waals surface area contributed by atoms with E-state index < -0.39 is 29.5 Å².